The van der Waals surface area contributed by atoms with Gasteiger partial charge in [-0.25, -0.2) is 8.42 Å². The van der Waals surface area contributed by atoms with Crippen molar-refractivity contribution in [3.05, 3.63) is 96.1 Å². The highest BCUT2D eigenvalue weighted by Crippen LogP contribution is 2.20. The van der Waals surface area contributed by atoms with Crippen LogP contribution in [0, 0.1) is 0 Å². The number of nitrogens with zero attached hydrogens (tertiary/aromatic N) is 1. The summed E-state index contributed by atoms with van der Waals surface area (Å²) in [6, 6.07) is 25.0. The monoisotopic (exact) mass is 479 g/mol. The van der Waals surface area contributed by atoms with Crippen molar-refractivity contribution in [2.45, 2.75) is 25.8 Å². The molecule has 2 amide bonds. The van der Waals surface area contributed by atoms with Gasteiger partial charge in [-0.05, 0) is 43.2 Å². The Bertz CT molecular complexity index is 1220. The van der Waals surface area contributed by atoms with E-state index in [4.69, 9.17) is 0 Å². The number of nitrogens with one attached hydrogen (secondary N) is 2. The zero-order valence-electron chi connectivity index (χ0n) is 19.3. The summed E-state index contributed by atoms with van der Waals surface area (Å²) in [6.07, 6.45) is 1.58. The molecule has 0 spiro atoms. The van der Waals surface area contributed by atoms with Gasteiger partial charge in [0.2, 0.25) is 15.9 Å². The average Bonchev–Trinajstić information content (AvgIpc) is 2.82. The van der Waals surface area contributed by atoms with Gasteiger partial charge in [0.1, 0.15) is 0 Å². The van der Waals surface area contributed by atoms with Crippen LogP contribution in [0.1, 0.15) is 41.7 Å². The number of rotatable bonds is 10. The van der Waals surface area contributed by atoms with E-state index in [-0.39, 0.29) is 30.8 Å². The van der Waals surface area contributed by atoms with Gasteiger partial charge in [0, 0.05) is 13.0 Å². The van der Waals surface area contributed by atoms with E-state index >= 15 is 0 Å². The van der Waals surface area contributed by atoms with Crippen LogP contribution in [0.3, 0.4) is 0 Å². The van der Waals surface area contributed by atoms with Gasteiger partial charge in [0.05, 0.1) is 29.2 Å². The average molecular weight is 480 g/mol. The third kappa shape index (κ3) is 6.92. The Morgan fingerprint density at radius 2 is 1.47 bits per heavy atom. The molecule has 0 aliphatic heterocycles. The van der Waals surface area contributed by atoms with E-state index < -0.39 is 10.0 Å². The first-order chi connectivity index (χ1) is 16.3. The third-order valence-electron chi connectivity index (χ3n) is 5.30. The van der Waals surface area contributed by atoms with Gasteiger partial charge in [-0.15, -0.1) is 0 Å². The van der Waals surface area contributed by atoms with Gasteiger partial charge >= 0.3 is 0 Å². The predicted octanol–water partition coefficient (Wildman–Crippen LogP) is 4.36. The first kappa shape index (κ1) is 25.0. The Hall–Kier alpha value is -3.65. The van der Waals surface area contributed by atoms with Gasteiger partial charge in [-0.1, -0.05) is 60.7 Å². The van der Waals surface area contributed by atoms with Crippen LogP contribution < -0.4 is 14.9 Å². The Morgan fingerprint density at radius 3 is 2.12 bits per heavy atom. The number of para-hydroxylation sites is 2. The Kier molecular flexibility index (Phi) is 8.43. The number of amides is 2. The van der Waals surface area contributed by atoms with Crippen LogP contribution in [-0.2, 0) is 14.8 Å². The fourth-order valence-electron chi connectivity index (χ4n) is 3.57. The van der Waals surface area contributed by atoms with E-state index in [9.17, 15) is 18.0 Å². The van der Waals surface area contributed by atoms with Gasteiger partial charge in [0.25, 0.3) is 5.91 Å². The van der Waals surface area contributed by atoms with Gasteiger partial charge in [0.15, 0.2) is 0 Å². The number of hydrogen-bond donors (Lipinski definition) is 2. The number of carbonyl (C=O) groups is 2. The molecule has 7 nitrogen and oxygen atoms in total. The van der Waals surface area contributed by atoms with Gasteiger partial charge in [-0.3, -0.25) is 13.9 Å². The van der Waals surface area contributed by atoms with Crippen molar-refractivity contribution in [1.29, 1.82) is 0 Å². The summed E-state index contributed by atoms with van der Waals surface area (Å²) in [4.78, 5) is 25.5. The molecule has 1 atom stereocenters. The molecule has 0 aliphatic rings. The molecular weight excluding hydrogens is 450 g/mol. The molecule has 3 aromatic rings. The second-order valence-corrected chi connectivity index (χ2v) is 9.88. The van der Waals surface area contributed by atoms with E-state index in [0.717, 1.165) is 11.8 Å². The second-order valence-electron chi connectivity index (χ2n) is 7.97. The quantitative estimate of drug-likeness (QED) is 0.452. The lowest BCUT2D eigenvalue weighted by Crippen LogP contribution is -2.31. The minimum absolute atomic E-state index is 0.106. The van der Waals surface area contributed by atoms with Crippen molar-refractivity contribution >= 4 is 33.2 Å². The Labute approximate surface area is 200 Å². The topological polar surface area (TPSA) is 95.6 Å². The smallest absolute Gasteiger partial charge is 0.253 e. The van der Waals surface area contributed by atoms with E-state index in [1.807, 2.05) is 43.3 Å². The molecule has 0 saturated carbocycles. The number of sulfonamides is 1. The summed E-state index contributed by atoms with van der Waals surface area (Å²) in [5, 5.41) is 5.74. The molecule has 0 unspecified atom stereocenters. The summed E-state index contributed by atoms with van der Waals surface area (Å²) in [6.45, 7) is 2.07. The van der Waals surface area contributed by atoms with Crippen molar-refractivity contribution in [2.24, 2.45) is 0 Å². The normalized spacial score (nSPS) is 11.9. The summed E-state index contributed by atoms with van der Waals surface area (Å²) in [7, 11) is -3.48. The predicted molar refractivity (Wildman–Crippen MR) is 135 cm³/mol. The molecule has 0 aromatic heterocycles. The van der Waals surface area contributed by atoms with Crippen LogP contribution in [0.2, 0.25) is 0 Å². The van der Waals surface area contributed by atoms with Gasteiger partial charge < -0.3 is 10.6 Å². The number of hydrogen-bond acceptors (Lipinski definition) is 4. The highest BCUT2D eigenvalue weighted by Gasteiger charge is 2.19. The molecule has 0 fully saturated rings. The molecule has 34 heavy (non-hydrogen) atoms. The minimum atomic E-state index is -3.48. The highest BCUT2D eigenvalue weighted by atomic mass is 32.2. The van der Waals surface area contributed by atoms with Gasteiger partial charge in [-0.2, -0.15) is 0 Å². The number of carbonyl (C=O) groups excluding carboxylic acids is 2. The van der Waals surface area contributed by atoms with E-state index in [2.05, 4.69) is 10.6 Å². The molecule has 0 bridgehead atoms. The minimum Gasteiger partial charge on any atom is -0.345 e. The molecule has 0 saturated heterocycles. The van der Waals surface area contributed by atoms with Crippen LogP contribution >= 0.6 is 0 Å². The molecule has 3 rings (SSSR count). The lowest BCUT2D eigenvalue weighted by atomic mass is 10.1. The molecular formula is C26H29N3O4S. The maximum Gasteiger partial charge on any atom is 0.253 e. The largest absolute Gasteiger partial charge is 0.345 e. The Morgan fingerprint density at radius 1 is 0.882 bits per heavy atom. The lowest BCUT2D eigenvalue weighted by molar-refractivity contribution is -0.116. The maximum absolute atomic E-state index is 12.9. The van der Waals surface area contributed by atoms with Crippen molar-refractivity contribution in [2.75, 3.05) is 22.4 Å². The lowest BCUT2D eigenvalue weighted by Gasteiger charge is -2.22. The van der Waals surface area contributed by atoms with Crippen molar-refractivity contribution in [1.82, 2.24) is 5.32 Å². The fourth-order valence-corrected chi connectivity index (χ4v) is 4.53. The van der Waals surface area contributed by atoms with E-state index in [1.165, 1.54) is 4.31 Å². The number of anilines is 2. The number of benzene rings is 3. The molecule has 0 radical (unpaired) electrons. The standard InChI is InChI=1S/C26H29N3O4S/c1-20(21-12-5-3-6-13-21)27-26(31)23-16-9-10-17-24(23)28-25(30)18-11-19-29(34(2,32)33)22-14-7-4-8-15-22/h3-10,12-17,20H,11,18-19H2,1-2H3,(H,27,31)(H,28,30)/t20-/m1/s1. The molecule has 0 aliphatic carbocycles. The van der Waals surface area contributed by atoms with Crippen LogP contribution in [0.15, 0.2) is 84.9 Å². The third-order valence-corrected chi connectivity index (χ3v) is 6.50. The van der Waals surface area contributed by atoms with E-state index in [0.29, 0.717) is 23.4 Å². The SMILES string of the molecule is C[C@@H](NC(=O)c1ccccc1NC(=O)CCCN(c1ccccc1)S(C)(=O)=O)c1ccccc1. The molecule has 3 aromatic carbocycles. The zero-order valence-corrected chi connectivity index (χ0v) is 20.1. The fraction of sp³-hybridized carbons (Fsp3) is 0.231. The van der Waals surface area contributed by atoms with Crippen molar-refractivity contribution in [3.63, 3.8) is 0 Å². The van der Waals surface area contributed by atoms with Crippen LogP contribution in [-0.4, -0.2) is 33.0 Å². The van der Waals surface area contributed by atoms with Crippen LogP contribution in [0.5, 0.6) is 0 Å². The first-order valence-corrected chi connectivity index (χ1v) is 12.9. The summed E-state index contributed by atoms with van der Waals surface area (Å²) in [5.41, 5.74) is 2.31. The van der Waals surface area contributed by atoms with Crippen LogP contribution in [0.4, 0.5) is 11.4 Å². The molecule has 2 N–H and O–H groups in total. The molecule has 8 heteroatoms. The zero-order chi connectivity index (χ0) is 24.6. The molecule has 178 valence electrons. The summed E-state index contributed by atoms with van der Waals surface area (Å²) in [5.74, 6) is -0.586. The van der Waals surface area contributed by atoms with Crippen molar-refractivity contribution in [3.8, 4) is 0 Å². The first-order valence-electron chi connectivity index (χ1n) is 11.0. The summed E-state index contributed by atoms with van der Waals surface area (Å²) < 4.78 is 25.7. The Balaban J connectivity index is 1.60. The maximum atomic E-state index is 12.9. The summed E-state index contributed by atoms with van der Waals surface area (Å²) >= 11 is 0. The van der Waals surface area contributed by atoms with Crippen LogP contribution in [0.25, 0.3) is 0 Å². The second kappa shape index (κ2) is 11.5. The van der Waals surface area contributed by atoms with Crippen molar-refractivity contribution < 1.29 is 18.0 Å². The molecule has 0 heterocycles. The highest BCUT2D eigenvalue weighted by molar-refractivity contribution is 7.92. The van der Waals surface area contributed by atoms with E-state index in [1.54, 1.807) is 48.5 Å².